The quantitative estimate of drug-likeness (QED) is 0.0656. The van der Waals surface area contributed by atoms with Gasteiger partial charge in [0, 0.05) is 94.8 Å². The van der Waals surface area contributed by atoms with E-state index in [1.54, 1.807) is 24.4 Å². The third kappa shape index (κ3) is 10.2. The average molecular weight is 846 g/mol. The predicted octanol–water partition coefficient (Wildman–Crippen LogP) is 10.2. The van der Waals surface area contributed by atoms with E-state index >= 15 is 0 Å². The molecular formula is C44H42Cl2FeN6O4. The standard InChI is InChI=1S/C22H20ClN3O3.C22H22ClN3O.Fe/c1-15-6-9-22(24-13-15)29-17-10-11-25(14-17)20-8-7-16(12-21(20)26(27)28)18-4-2-3-5-19(18)23;1-15-6-9-22(25-13-15)27-17-10-11-26(14-17)21-8-7-16(12-20(21)24)18-4-2-3-5-19(18)23;/h2-9,12-13,17H,10-11,14H2,1H3;2-9,12-13,17H,10-11,14,24H2,1H3;/t2*17-;/m11./s1. The van der Waals surface area contributed by atoms with Crippen LogP contribution in [0.15, 0.2) is 122 Å². The molecule has 6 aromatic rings. The van der Waals surface area contributed by atoms with E-state index in [9.17, 15) is 10.1 Å². The molecule has 2 fully saturated rings. The summed E-state index contributed by atoms with van der Waals surface area (Å²) in [7, 11) is 0. The number of pyridine rings is 2. The molecule has 2 aliphatic heterocycles. The molecule has 0 unspecified atom stereocenters. The van der Waals surface area contributed by atoms with E-state index in [1.807, 2.05) is 104 Å². The molecule has 13 heteroatoms. The number of nitro benzene ring substituents is 1. The maximum absolute atomic E-state index is 11.8. The molecule has 0 aliphatic carbocycles. The fraction of sp³-hybridized carbons (Fsp3) is 0.227. The first-order valence-corrected chi connectivity index (χ1v) is 19.2. The Morgan fingerprint density at radius 2 is 1.16 bits per heavy atom. The Balaban J connectivity index is 0.000000190. The zero-order chi connectivity index (χ0) is 39.2. The van der Waals surface area contributed by atoms with Crippen LogP contribution in [-0.2, 0) is 17.1 Å². The Hall–Kier alpha value is -5.32. The van der Waals surface area contributed by atoms with Gasteiger partial charge >= 0.3 is 0 Å². The maximum Gasteiger partial charge on any atom is 0.293 e. The Labute approximate surface area is 353 Å². The SMILES string of the molecule is Cc1ccc(O[C@@H]2CCN(c3ccc(-c4ccccc4Cl)cc3N)C2)nc1.Cc1ccc(O[C@@H]2CCN(c3ccc(-c4ccccc4Cl)cc3[N+](=O)[O-])C2)nc1.[Fe]. The third-order valence-corrected chi connectivity index (χ3v) is 10.5. The summed E-state index contributed by atoms with van der Waals surface area (Å²) in [4.78, 5) is 24.3. The largest absolute Gasteiger partial charge is 0.472 e. The fourth-order valence-corrected chi connectivity index (χ4v) is 7.47. The summed E-state index contributed by atoms with van der Waals surface area (Å²) in [5.74, 6) is 1.25. The van der Waals surface area contributed by atoms with E-state index in [-0.39, 0.29) is 39.9 Å². The minimum atomic E-state index is -0.342. The fourth-order valence-electron chi connectivity index (χ4n) is 6.98. The Kier molecular flexibility index (Phi) is 13.6. The molecule has 0 amide bonds. The van der Waals surface area contributed by atoms with Crippen molar-refractivity contribution in [3.63, 3.8) is 0 Å². The van der Waals surface area contributed by atoms with E-state index in [2.05, 4.69) is 27.0 Å². The van der Waals surface area contributed by atoms with Crippen molar-refractivity contribution in [2.45, 2.75) is 38.9 Å². The molecule has 10 nitrogen and oxygen atoms in total. The van der Waals surface area contributed by atoms with E-state index in [0.717, 1.165) is 75.7 Å². The van der Waals surface area contributed by atoms with Crippen molar-refractivity contribution in [1.82, 2.24) is 9.97 Å². The first kappa shape index (κ1) is 41.3. The second-order valence-corrected chi connectivity index (χ2v) is 14.8. The van der Waals surface area contributed by atoms with Crippen LogP contribution in [0.2, 0.25) is 10.0 Å². The van der Waals surface area contributed by atoms with Crippen molar-refractivity contribution >= 4 is 46.0 Å². The molecular weight excluding hydrogens is 803 g/mol. The van der Waals surface area contributed by atoms with Crippen LogP contribution in [0.25, 0.3) is 22.3 Å². The van der Waals surface area contributed by atoms with Crippen molar-refractivity contribution in [3.8, 4) is 34.0 Å². The van der Waals surface area contributed by atoms with Crippen LogP contribution in [-0.4, -0.2) is 53.3 Å². The summed E-state index contributed by atoms with van der Waals surface area (Å²) >= 11 is 12.6. The zero-order valence-corrected chi connectivity index (χ0v) is 34.1. The molecule has 2 saturated heterocycles. The van der Waals surface area contributed by atoms with Gasteiger partial charge in [0.25, 0.3) is 5.69 Å². The molecule has 4 heterocycles. The molecule has 0 saturated carbocycles. The van der Waals surface area contributed by atoms with Gasteiger partial charge in [0.05, 0.1) is 29.4 Å². The molecule has 294 valence electrons. The van der Waals surface area contributed by atoms with Gasteiger partial charge in [-0.3, -0.25) is 10.1 Å². The van der Waals surface area contributed by atoms with E-state index in [4.69, 9.17) is 38.4 Å². The van der Waals surface area contributed by atoms with Gasteiger partial charge in [-0.05, 0) is 66.4 Å². The number of aromatic nitrogens is 2. The molecule has 0 spiro atoms. The normalized spacial score (nSPS) is 16.0. The van der Waals surface area contributed by atoms with Crippen LogP contribution in [0, 0.1) is 24.0 Å². The van der Waals surface area contributed by atoms with Crippen LogP contribution in [0.1, 0.15) is 24.0 Å². The smallest absolute Gasteiger partial charge is 0.293 e. The van der Waals surface area contributed by atoms with E-state index < -0.39 is 0 Å². The van der Waals surface area contributed by atoms with Crippen LogP contribution in [0.3, 0.4) is 0 Å². The van der Waals surface area contributed by atoms with Crippen LogP contribution in [0.4, 0.5) is 22.7 Å². The topological polar surface area (TPSA) is 120 Å². The Bertz CT molecular complexity index is 2310. The maximum atomic E-state index is 11.8. The molecule has 0 bridgehead atoms. The summed E-state index contributed by atoms with van der Waals surface area (Å²) in [6, 6.07) is 34.3. The number of nitrogens with two attached hydrogens (primary N) is 1. The second kappa shape index (κ2) is 18.7. The molecule has 4 aromatic carbocycles. The monoisotopic (exact) mass is 844 g/mol. The van der Waals surface area contributed by atoms with Crippen molar-refractivity contribution < 1.29 is 31.5 Å². The number of halogens is 2. The van der Waals surface area contributed by atoms with Gasteiger partial charge in [-0.25, -0.2) is 9.97 Å². The molecule has 0 radical (unpaired) electrons. The second-order valence-electron chi connectivity index (χ2n) is 14.0. The number of rotatable bonds is 9. The molecule has 2 atom stereocenters. The van der Waals surface area contributed by atoms with Gasteiger partial charge in [-0.1, -0.05) is 83.9 Å². The van der Waals surface area contributed by atoms with Gasteiger partial charge in [0.15, 0.2) is 0 Å². The summed E-state index contributed by atoms with van der Waals surface area (Å²) in [6.07, 6.45) is 5.37. The van der Waals surface area contributed by atoms with Gasteiger partial charge in [0.1, 0.15) is 17.9 Å². The first-order valence-electron chi connectivity index (χ1n) is 18.5. The number of nitro groups is 1. The molecule has 2 aliphatic rings. The summed E-state index contributed by atoms with van der Waals surface area (Å²) in [6.45, 7) is 6.95. The predicted molar refractivity (Wildman–Crippen MR) is 225 cm³/mol. The summed E-state index contributed by atoms with van der Waals surface area (Å²) in [5, 5.41) is 13.0. The summed E-state index contributed by atoms with van der Waals surface area (Å²) < 4.78 is 12.0. The molecule has 2 N–H and O–H groups in total. The number of benzene rings is 4. The van der Waals surface area contributed by atoms with Crippen molar-refractivity contribution in [2.75, 3.05) is 41.7 Å². The van der Waals surface area contributed by atoms with E-state index in [0.29, 0.717) is 35.6 Å². The average Bonchev–Trinajstić information content (AvgIpc) is 3.87. The number of ether oxygens (including phenoxy) is 2. The van der Waals surface area contributed by atoms with Crippen molar-refractivity contribution in [2.24, 2.45) is 0 Å². The molecule has 8 rings (SSSR count). The molecule has 57 heavy (non-hydrogen) atoms. The van der Waals surface area contributed by atoms with Crippen molar-refractivity contribution in [1.29, 1.82) is 0 Å². The molecule has 2 aromatic heterocycles. The van der Waals surface area contributed by atoms with Crippen LogP contribution in [0.5, 0.6) is 11.8 Å². The van der Waals surface area contributed by atoms with Crippen molar-refractivity contribution in [3.05, 3.63) is 153 Å². The number of anilines is 3. The van der Waals surface area contributed by atoms with Gasteiger partial charge in [-0.2, -0.15) is 0 Å². The minimum Gasteiger partial charge on any atom is -0.472 e. The van der Waals surface area contributed by atoms with Crippen LogP contribution >= 0.6 is 23.2 Å². The summed E-state index contributed by atoms with van der Waals surface area (Å²) in [5.41, 5.74) is 14.5. The Morgan fingerprint density at radius 1 is 0.684 bits per heavy atom. The number of aryl methyl sites for hydroxylation is 2. The number of nitrogens with zero attached hydrogens (tertiary/aromatic N) is 5. The first-order chi connectivity index (χ1) is 27.1. The number of hydrogen-bond donors (Lipinski definition) is 1. The van der Waals surface area contributed by atoms with E-state index in [1.165, 1.54) is 0 Å². The van der Waals surface area contributed by atoms with Gasteiger partial charge in [0.2, 0.25) is 11.8 Å². The zero-order valence-electron chi connectivity index (χ0n) is 31.5. The van der Waals surface area contributed by atoms with Gasteiger partial charge in [-0.15, -0.1) is 0 Å². The Morgan fingerprint density at radius 3 is 1.61 bits per heavy atom. The van der Waals surface area contributed by atoms with Gasteiger partial charge < -0.3 is 25.0 Å². The minimum absolute atomic E-state index is 0. The number of nitrogen functional groups attached to an aromatic ring is 1. The number of hydrogen-bond acceptors (Lipinski definition) is 9. The third-order valence-electron chi connectivity index (χ3n) is 9.88. The van der Waals surface area contributed by atoms with Crippen LogP contribution < -0.4 is 25.0 Å².